The number of nitrogen functional groups attached to an aromatic ring is 2. The molecule has 0 aromatic heterocycles. The van der Waals surface area contributed by atoms with Crippen LogP contribution in [0.25, 0.3) is 22.3 Å². The van der Waals surface area contributed by atoms with Crippen LogP contribution in [0.1, 0.15) is 0 Å². The summed E-state index contributed by atoms with van der Waals surface area (Å²) in [5.74, 6) is 0. The minimum atomic E-state index is 0.762. The van der Waals surface area contributed by atoms with Crippen molar-refractivity contribution in [2.45, 2.75) is 0 Å². The summed E-state index contributed by atoms with van der Waals surface area (Å²) in [6.45, 7) is 0. The average molecular weight is 418 g/mol. The third kappa shape index (κ3) is 3.03. The van der Waals surface area contributed by atoms with Crippen LogP contribution in [0.3, 0.4) is 0 Å². The molecule has 2 nitrogen and oxygen atoms in total. The fourth-order valence-corrected chi connectivity index (χ4v) is 3.46. The molecule has 0 bridgehead atoms. The van der Waals surface area contributed by atoms with Crippen molar-refractivity contribution in [2.75, 3.05) is 11.5 Å². The Labute approximate surface area is 146 Å². The van der Waals surface area contributed by atoms with Crippen LogP contribution in [0.4, 0.5) is 11.4 Å². The highest BCUT2D eigenvalue weighted by Crippen LogP contribution is 2.38. The number of halogens is 2. The van der Waals surface area contributed by atoms with Crippen LogP contribution in [0.2, 0.25) is 0 Å². The molecule has 0 fully saturated rings. The van der Waals surface area contributed by atoms with Crippen molar-refractivity contribution in [3.63, 3.8) is 0 Å². The molecule has 0 spiro atoms. The Morgan fingerprint density at radius 2 is 0.864 bits per heavy atom. The Balaban J connectivity index is 2.08. The van der Waals surface area contributed by atoms with Gasteiger partial charge in [0.2, 0.25) is 0 Å². The maximum Gasteiger partial charge on any atom is 0.0314 e. The standard InChI is InChI=1S/C18H14Br2N2/c19-17-10-16(12-3-7-14(22)8-4-12)18(20)9-15(17)11-1-5-13(21)6-2-11/h1-10H,21-22H2. The predicted molar refractivity (Wildman–Crippen MR) is 102 cm³/mol. The molecule has 0 saturated carbocycles. The van der Waals surface area contributed by atoms with E-state index in [-0.39, 0.29) is 0 Å². The minimum Gasteiger partial charge on any atom is -0.399 e. The minimum absolute atomic E-state index is 0.762. The van der Waals surface area contributed by atoms with Crippen molar-refractivity contribution in [1.29, 1.82) is 0 Å². The van der Waals surface area contributed by atoms with E-state index in [0.29, 0.717) is 0 Å². The Morgan fingerprint density at radius 3 is 1.18 bits per heavy atom. The van der Waals surface area contributed by atoms with Crippen molar-refractivity contribution in [2.24, 2.45) is 0 Å². The highest BCUT2D eigenvalue weighted by atomic mass is 79.9. The molecule has 0 saturated heterocycles. The number of benzene rings is 3. The smallest absolute Gasteiger partial charge is 0.0314 e. The lowest BCUT2D eigenvalue weighted by Crippen LogP contribution is -1.88. The highest BCUT2D eigenvalue weighted by molar-refractivity contribution is 9.11. The summed E-state index contributed by atoms with van der Waals surface area (Å²) in [6, 6.07) is 19.9. The van der Waals surface area contributed by atoms with E-state index in [1.807, 2.05) is 48.5 Å². The Bertz CT molecular complexity index is 738. The van der Waals surface area contributed by atoms with Crippen molar-refractivity contribution < 1.29 is 0 Å². The van der Waals surface area contributed by atoms with Gasteiger partial charge in [-0.05, 0) is 58.7 Å². The van der Waals surface area contributed by atoms with Gasteiger partial charge in [0.15, 0.2) is 0 Å². The van der Waals surface area contributed by atoms with E-state index >= 15 is 0 Å². The summed E-state index contributed by atoms with van der Waals surface area (Å²) in [4.78, 5) is 0. The molecule has 0 aliphatic carbocycles. The normalized spacial score (nSPS) is 10.6. The molecule has 0 aliphatic heterocycles. The van der Waals surface area contributed by atoms with Crippen LogP contribution in [-0.2, 0) is 0 Å². The molecule has 110 valence electrons. The molecule has 4 N–H and O–H groups in total. The lowest BCUT2D eigenvalue weighted by atomic mass is 10.00. The molecule has 0 atom stereocenters. The first kappa shape index (κ1) is 15.1. The lowest BCUT2D eigenvalue weighted by Gasteiger charge is -2.11. The molecule has 0 amide bonds. The van der Waals surface area contributed by atoms with Crippen LogP contribution in [-0.4, -0.2) is 0 Å². The second-order valence-corrected chi connectivity index (χ2v) is 6.76. The number of nitrogens with two attached hydrogens (primary N) is 2. The van der Waals surface area contributed by atoms with Gasteiger partial charge in [0, 0.05) is 20.3 Å². The van der Waals surface area contributed by atoms with E-state index < -0.39 is 0 Å². The van der Waals surface area contributed by atoms with Gasteiger partial charge >= 0.3 is 0 Å². The third-order valence-corrected chi connectivity index (χ3v) is 4.81. The van der Waals surface area contributed by atoms with Gasteiger partial charge in [0.05, 0.1) is 0 Å². The Morgan fingerprint density at radius 1 is 0.545 bits per heavy atom. The van der Waals surface area contributed by atoms with Gasteiger partial charge in [0.25, 0.3) is 0 Å². The molecular weight excluding hydrogens is 404 g/mol. The maximum absolute atomic E-state index is 5.75. The molecule has 0 unspecified atom stereocenters. The summed E-state index contributed by atoms with van der Waals surface area (Å²) in [5, 5.41) is 0. The molecule has 3 aromatic rings. The van der Waals surface area contributed by atoms with E-state index in [0.717, 1.165) is 42.6 Å². The fourth-order valence-electron chi connectivity index (χ4n) is 2.31. The van der Waals surface area contributed by atoms with E-state index in [9.17, 15) is 0 Å². The van der Waals surface area contributed by atoms with Crippen molar-refractivity contribution in [3.8, 4) is 22.3 Å². The molecule has 3 rings (SSSR count). The number of hydrogen-bond acceptors (Lipinski definition) is 2. The van der Waals surface area contributed by atoms with E-state index in [1.165, 1.54) is 0 Å². The van der Waals surface area contributed by atoms with Gasteiger partial charge in [-0.15, -0.1) is 0 Å². The summed E-state index contributed by atoms with van der Waals surface area (Å²) in [7, 11) is 0. The van der Waals surface area contributed by atoms with Gasteiger partial charge in [-0.3, -0.25) is 0 Å². The first-order chi connectivity index (χ1) is 10.5. The molecule has 0 heterocycles. The van der Waals surface area contributed by atoms with E-state index in [4.69, 9.17) is 11.5 Å². The molecule has 0 radical (unpaired) electrons. The van der Waals surface area contributed by atoms with Crippen LogP contribution in [0.15, 0.2) is 69.6 Å². The first-order valence-electron chi connectivity index (χ1n) is 6.75. The van der Waals surface area contributed by atoms with Gasteiger partial charge < -0.3 is 11.5 Å². The largest absolute Gasteiger partial charge is 0.399 e. The monoisotopic (exact) mass is 416 g/mol. The zero-order chi connectivity index (χ0) is 15.7. The summed E-state index contributed by atoms with van der Waals surface area (Å²) in [5.41, 5.74) is 17.5. The SMILES string of the molecule is Nc1ccc(-c2cc(Br)c(-c3ccc(N)cc3)cc2Br)cc1. The summed E-state index contributed by atoms with van der Waals surface area (Å²) >= 11 is 7.34. The second-order valence-electron chi connectivity index (χ2n) is 5.06. The Hall–Kier alpha value is -1.78. The summed E-state index contributed by atoms with van der Waals surface area (Å²) in [6.07, 6.45) is 0. The van der Waals surface area contributed by atoms with Gasteiger partial charge in [0.1, 0.15) is 0 Å². The molecular formula is C18H14Br2N2. The molecule has 0 aliphatic rings. The average Bonchev–Trinajstić information content (AvgIpc) is 2.51. The maximum atomic E-state index is 5.75. The number of rotatable bonds is 2. The zero-order valence-electron chi connectivity index (χ0n) is 11.7. The third-order valence-electron chi connectivity index (χ3n) is 3.50. The topological polar surface area (TPSA) is 52.0 Å². The van der Waals surface area contributed by atoms with Crippen LogP contribution >= 0.6 is 31.9 Å². The van der Waals surface area contributed by atoms with Crippen LogP contribution < -0.4 is 11.5 Å². The number of hydrogen-bond donors (Lipinski definition) is 2. The van der Waals surface area contributed by atoms with Gasteiger partial charge in [-0.25, -0.2) is 0 Å². The molecule has 22 heavy (non-hydrogen) atoms. The fraction of sp³-hybridized carbons (Fsp3) is 0. The van der Waals surface area contributed by atoms with Crippen molar-refractivity contribution in [3.05, 3.63) is 69.6 Å². The van der Waals surface area contributed by atoms with E-state index in [2.05, 4.69) is 44.0 Å². The second kappa shape index (κ2) is 6.15. The first-order valence-corrected chi connectivity index (χ1v) is 8.34. The van der Waals surface area contributed by atoms with Gasteiger partial charge in [-0.2, -0.15) is 0 Å². The van der Waals surface area contributed by atoms with E-state index in [1.54, 1.807) is 0 Å². The van der Waals surface area contributed by atoms with Crippen molar-refractivity contribution in [1.82, 2.24) is 0 Å². The highest BCUT2D eigenvalue weighted by Gasteiger charge is 2.10. The molecule has 3 aromatic carbocycles. The molecule has 4 heteroatoms. The summed E-state index contributed by atoms with van der Waals surface area (Å²) < 4.78 is 2.07. The Kier molecular flexibility index (Phi) is 4.23. The number of anilines is 2. The zero-order valence-corrected chi connectivity index (χ0v) is 14.9. The predicted octanol–water partition coefficient (Wildman–Crippen LogP) is 5.71. The van der Waals surface area contributed by atoms with Crippen LogP contribution in [0, 0.1) is 0 Å². The quantitative estimate of drug-likeness (QED) is 0.524. The van der Waals surface area contributed by atoms with Crippen molar-refractivity contribution >= 4 is 43.2 Å². The van der Waals surface area contributed by atoms with Crippen LogP contribution in [0.5, 0.6) is 0 Å². The van der Waals surface area contributed by atoms with Gasteiger partial charge in [-0.1, -0.05) is 56.1 Å². The lowest BCUT2D eigenvalue weighted by molar-refractivity contribution is 1.53.